The van der Waals surface area contributed by atoms with Crippen molar-refractivity contribution in [2.75, 3.05) is 0 Å². The number of ketones is 2. The fraction of sp³-hybridized carbons (Fsp3) is 0.538. The van der Waals surface area contributed by atoms with Gasteiger partial charge in [0.25, 0.3) is 0 Å². The molecule has 1 saturated carbocycles. The van der Waals surface area contributed by atoms with Crippen LogP contribution in [0.3, 0.4) is 0 Å². The molecule has 2 rings (SSSR count). The molecule has 9 heteroatoms. The second kappa shape index (κ2) is 7.19. The van der Waals surface area contributed by atoms with Crippen LogP contribution < -0.4 is 0 Å². The second-order valence-corrected chi connectivity index (χ2v) is 6.37. The van der Waals surface area contributed by atoms with E-state index in [1.807, 2.05) is 0 Å². The van der Waals surface area contributed by atoms with Crippen molar-refractivity contribution in [2.45, 2.75) is 37.6 Å². The van der Waals surface area contributed by atoms with Crippen LogP contribution in [0.5, 0.6) is 0 Å². The van der Waals surface area contributed by atoms with Gasteiger partial charge in [0.2, 0.25) is 0 Å². The lowest BCUT2D eigenvalue weighted by Crippen LogP contribution is -2.21. The van der Waals surface area contributed by atoms with Crippen LogP contribution in [-0.4, -0.2) is 30.0 Å². The third-order valence-electron chi connectivity index (χ3n) is 3.32. The number of alkyl halides is 3. The minimum Gasteiger partial charge on any atom is -0.290 e. The maximum absolute atomic E-state index is 11.5. The first-order valence-electron chi connectivity index (χ1n) is 6.54. The highest BCUT2D eigenvalue weighted by atomic mass is 32.2. The van der Waals surface area contributed by atoms with Crippen molar-refractivity contribution in [1.29, 1.82) is 0 Å². The van der Waals surface area contributed by atoms with Crippen LogP contribution in [0, 0.1) is 5.92 Å². The second-order valence-electron chi connectivity index (χ2n) is 4.96. The van der Waals surface area contributed by atoms with Crippen molar-refractivity contribution in [2.24, 2.45) is 5.92 Å². The molecular formula is C13H15F3O5S. The van der Waals surface area contributed by atoms with Gasteiger partial charge >= 0.3 is 15.6 Å². The molecule has 124 valence electrons. The Labute approximate surface area is 125 Å². The van der Waals surface area contributed by atoms with Crippen molar-refractivity contribution < 1.29 is 35.7 Å². The minimum atomic E-state index is -5.84. The van der Waals surface area contributed by atoms with E-state index < -0.39 is 15.6 Å². The van der Waals surface area contributed by atoms with Gasteiger partial charge in [-0.3, -0.25) is 14.1 Å². The quantitative estimate of drug-likeness (QED) is 0.450. The van der Waals surface area contributed by atoms with Gasteiger partial charge in [-0.1, -0.05) is 19.3 Å². The topological polar surface area (TPSA) is 88.5 Å². The molecule has 0 heterocycles. The molecule has 0 aliphatic heterocycles. The summed E-state index contributed by atoms with van der Waals surface area (Å²) in [5.41, 5.74) is -4.79. The van der Waals surface area contributed by atoms with E-state index in [0.717, 1.165) is 18.4 Å². The zero-order valence-corrected chi connectivity index (χ0v) is 12.3. The Bertz CT molecular complexity index is 596. The Morgan fingerprint density at radius 3 is 2.00 bits per heavy atom. The molecule has 0 aromatic rings. The lowest BCUT2D eigenvalue weighted by atomic mass is 9.80. The van der Waals surface area contributed by atoms with Crippen molar-refractivity contribution >= 4 is 21.7 Å². The van der Waals surface area contributed by atoms with E-state index in [1.165, 1.54) is 37.5 Å². The van der Waals surface area contributed by atoms with Crippen molar-refractivity contribution in [1.82, 2.24) is 0 Å². The molecule has 1 fully saturated rings. The molecule has 0 aromatic carbocycles. The number of hydrogen-bond acceptors (Lipinski definition) is 4. The van der Waals surface area contributed by atoms with Crippen LogP contribution in [0.15, 0.2) is 23.8 Å². The summed E-state index contributed by atoms with van der Waals surface area (Å²) in [7, 11) is -5.84. The molecule has 2 aliphatic carbocycles. The maximum Gasteiger partial charge on any atom is 0.522 e. The van der Waals surface area contributed by atoms with Gasteiger partial charge in [-0.15, -0.1) is 0 Å². The van der Waals surface area contributed by atoms with Gasteiger partial charge in [-0.05, 0) is 37.0 Å². The van der Waals surface area contributed by atoms with Gasteiger partial charge in [-0.25, -0.2) is 0 Å². The third kappa shape index (κ3) is 5.38. The fourth-order valence-corrected chi connectivity index (χ4v) is 2.26. The molecule has 0 spiro atoms. The van der Waals surface area contributed by atoms with Gasteiger partial charge in [-0.2, -0.15) is 21.6 Å². The van der Waals surface area contributed by atoms with Crippen molar-refractivity contribution in [3.8, 4) is 0 Å². The molecule has 0 radical (unpaired) electrons. The van der Waals surface area contributed by atoms with Gasteiger partial charge in [0.05, 0.1) is 0 Å². The summed E-state index contributed by atoms with van der Waals surface area (Å²) in [5, 5.41) is 0. The SMILES string of the molecule is O=C1C=CC(=O)C(C2CCCCC2)=C1.O=S(=O)(O)C(F)(F)F. The Morgan fingerprint density at radius 1 is 1.05 bits per heavy atom. The highest BCUT2D eigenvalue weighted by molar-refractivity contribution is 7.86. The fourth-order valence-electron chi connectivity index (χ4n) is 2.26. The monoisotopic (exact) mass is 340 g/mol. The number of rotatable bonds is 1. The Balaban J connectivity index is 0.000000261. The molecule has 0 atom stereocenters. The number of halogens is 3. The predicted molar refractivity (Wildman–Crippen MR) is 71.4 cm³/mol. The molecule has 0 saturated heterocycles. The summed E-state index contributed by atoms with van der Waals surface area (Å²) in [6.45, 7) is 0. The summed E-state index contributed by atoms with van der Waals surface area (Å²) in [4.78, 5) is 22.7. The first kappa shape index (κ1) is 18.6. The van der Waals surface area contributed by atoms with E-state index in [1.54, 1.807) is 0 Å². The van der Waals surface area contributed by atoms with Crippen LogP contribution in [0.1, 0.15) is 32.1 Å². The summed E-state index contributed by atoms with van der Waals surface area (Å²) < 4.78 is 57.5. The smallest absolute Gasteiger partial charge is 0.290 e. The van der Waals surface area contributed by atoms with Gasteiger partial charge < -0.3 is 0 Å². The third-order valence-corrected chi connectivity index (χ3v) is 3.90. The number of carbonyl (C=O) groups excluding carboxylic acids is 2. The molecule has 0 unspecified atom stereocenters. The largest absolute Gasteiger partial charge is 0.522 e. The van der Waals surface area contributed by atoms with Gasteiger partial charge in [0, 0.05) is 5.57 Å². The first-order valence-corrected chi connectivity index (χ1v) is 7.98. The van der Waals surface area contributed by atoms with Crippen molar-refractivity contribution in [3.63, 3.8) is 0 Å². The zero-order chi connectivity index (χ0) is 17.0. The maximum atomic E-state index is 11.5. The van der Waals surface area contributed by atoms with Crippen LogP contribution in [0.25, 0.3) is 0 Å². The highest BCUT2D eigenvalue weighted by Gasteiger charge is 2.44. The summed E-state index contributed by atoms with van der Waals surface area (Å²) >= 11 is 0. The molecular weight excluding hydrogens is 325 g/mol. The van der Waals surface area contributed by atoms with E-state index in [0.29, 0.717) is 5.92 Å². The van der Waals surface area contributed by atoms with Gasteiger partial charge in [0.1, 0.15) is 0 Å². The number of hydrogen-bond donors (Lipinski definition) is 1. The highest BCUT2D eigenvalue weighted by Crippen LogP contribution is 2.31. The van der Waals surface area contributed by atoms with Crippen LogP contribution >= 0.6 is 0 Å². The minimum absolute atomic E-state index is 0.0369. The molecule has 22 heavy (non-hydrogen) atoms. The Kier molecular flexibility index (Phi) is 6.07. The summed E-state index contributed by atoms with van der Waals surface area (Å²) in [6.07, 6.45) is 10.1. The predicted octanol–water partition coefficient (Wildman–Crippen LogP) is 2.60. The molecule has 2 aliphatic rings. The van der Waals surface area contributed by atoms with Gasteiger partial charge in [0.15, 0.2) is 11.6 Å². The molecule has 0 aromatic heterocycles. The standard InChI is InChI=1S/C12H14O2.CHF3O3S/c13-10-6-7-12(14)11(8-10)9-4-2-1-3-5-9;2-1(3,4)8(5,6)7/h6-9H,1-5H2;(H,5,6,7). The lowest BCUT2D eigenvalue weighted by Gasteiger charge is -2.23. The molecule has 1 N–H and O–H groups in total. The van der Waals surface area contributed by atoms with E-state index >= 15 is 0 Å². The Hall–Kier alpha value is -1.48. The van der Waals surface area contributed by atoms with Crippen molar-refractivity contribution in [3.05, 3.63) is 23.8 Å². The average Bonchev–Trinajstić information content (AvgIpc) is 2.41. The molecule has 0 bridgehead atoms. The summed E-state index contributed by atoms with van der Waals surface area (Å²) in [5.74, 6) is 0.340. The number of allylic oxidation sites excluding steroid dienone is 4. The van der Waals surface area contributed by atoms with E-state index in [2.05, 4.69) is 0 Å². The van der Waals surface area contributed by atoms with E-state index in [-0.39, 0.29) is 11.6 Å². The zero-order valence-electron chi connectivity index (χ0n) is 11.5. The van der Waals surface area contributed by atoms with Crippen LogP contribution in [-0.2, 0) is 19.7 Å². The lowest BCUT2D eigenvalue weighted by molar-refractivity contribution is -0.115. The van der Waals surface area contributed by atoms with E-state index in [9.17, 15) is 22.8 Å². The van der Waals surface area contributed by atoms with Crippen LogP contribution in [0.4, 0.5) is 13.2 Å². The Morgan fingerprint density at radius 2 is 1.55 bits per heavy atom. The first-order chi connectivity index (χ1) is 10.0. The molecule has 5 nitrogen and oxygen atoms in total. The summed E-state index contributed by atoms with van der Waals surface area (Å²) in [6, 6.07) is 0. The normalized spacial score (nSPS) is 20.3. The van der Waals surface area contributed by atoms with E-state index in [4.69, 9.17) is 13.0 Å². The molecule has 0 amide bonds. The number of carbonyl (C=O) groups is 2. The average molecular weight is 340 g/mol. The van der Waals surface area contributed by atoms with Crippen LogP contribution in [0.2, 0.25) is 0 Å².